The summed E-state index contributed by atoms with van der Waals surface area (Å²) in [5, 5.41) is 11.5. The highest BCUT2D eigenvalue weighted by atomic mass is 32.1. The number of hydrogen-bond acceptors (Lipinski definition) is 8. The van der Waals surface area contributed by atoms with Crippen LogP contribution in [0.1, 0.15) is 58.9 Å². The van der Waals surface area contributed by atoms with Gasteiger partial charge in [0.2, 0.25) is 0 Å². The average Bonchev–Trinajstić information content (AvgIpc) is 3.39. The number of Topliss-reactive ketones (excluding diaryl/α,β-unsaturated/α-hetero) is 1. The van der Waals surface area contributed by atoms with E-state index in [-0.39, 0.29) is 27.4 Å². The van der Waals surface area contributed by atoms with Crippen molar-refractivity contribution in [2.75, 3.05) is 12.0 Å². The minimum absolute atomic E-state index is 0.0208. The van der Waals surface area contributed by atoms with Crippen LogP contribution >= 0.6 is 11.3 Å². The number of aromatic nitrogens is 1. The fourth-order valence-electron chi connectivity index (χ4n) is 4.17. The molecule has 8 nitrogen and oxygen atoms in total. The first-order valence-electron chi connectivity index (χ1n) is 11.9. The summed E-state index contributed by atoms with van der Waals surface area (Å²) in [5.74, 6) is -1.94. The standard InChI is InChI=1S/C28H28N2O6S/c1-6-17-7-9-18(10-8-17)22-21(23(31)19-11-13-20(14-12-19)36-15(2)3)24(32)26(33)30(22)28-29-16(4)25(37-28)27(34)35-5/h7-15,22,31H,6H2,1-5H3/b23-21+. The van der Waals surface area contributed by atoms with Gasteiger partial charge in [0.1, 0.15) is 16.4 Å². The van der Waals surface area contributed by atoms with E-state index in [0.717, 1.165) is 23.3 Å². The molecular weight excluding hydrogens is 492 g/mol. The normalized spacial score (nSPS) is 16.9. The second-order valence-electron chi connectivity index (χ2n) is 8.86. The predicted octanol–water partition coefficient (Wildman–Crippen LogP) is 5.21. The molecule has 37 heavy (non-hydrogen) atoms. The molecule has 1 amide bonds. The Bertz CT molecular complexity index is 1370. The number of methoxy groups -OCH3 is 1. The molecule has 0 aliphatic carbocycles. The molecular formula is C28H28N2O6S. The van der Waals surface area contributed by atoms with Crippen LogP contribution in [0.4, 0.5) is 5.13 Å². The number of aliphatic hydroxyl groups is 1. The van der Waals surface area contributed by atoms with Gasteiger partial charge < -0.3 is 14.6 Å². The molecule has 2 heterocycles. The molecule has 0 radical (unpaired) electrons. The Labute approximate surface area is 219 Å². The second kappa shape index (κ2) is 10.6. The molecule has 1 aliphatic rings. The largest absolute Gasteiger partial charge is 0.507 e. The fraction of sp³-hybridized carbons (Fsp3) is 0.286. The highest BCUT2D eigenvalue weighted by molar-refractivity contribution is 7.17. The van der Waals surface area contributed by atoms with Crippen LogP contribution in [0.2, 0.25) is 0 Å². The Morgan fingerprint density at radius 3 is 2.32 bits per heavy atom. The van der Waals surface area contributed by atoms with Crippen molar-refractivity contribution in [3.8, 4) is 5.75 Å². The number of thiazole rings is 1. The number of ketones is 1. The molecule has 1 unspecified atom stereocenters. The summed E-state index contributed by atoms with van der Waals surface area (Å²) in [6.07, 6.45) is 0.798. The first kappa shape index (κ1) is 26.1. The number of benzene rings is 2. The number of carbonyl (C=O) groups is 3. The van der Waals surface area contributed by atoms with Crippen molar-refractivity contribution in [2.45, 2.75) is 46.3 Å². The summed E-state index contributed by atoms with van der Waals surface area (Å²) in [5.41, 5.74) is 2.41. The van der Waals surface area contributed by atoms with Crippen LogP contribution in [0, 0.1) is 6.92 Å². The number of amides is 1. The van der Waals surface area contributed by atoms with Crippen molar-refractivity contribution < 1.29 is 29.0 Å². The number of ether oxygens (including phenoxy) is 2. The van der Waals surface area contributed by atoms with Crippen molar-refractivity contribution in [1.82, 2.24) is 4.98 Å². The van der Waals surface area contributed by atoms with Crippen molar-refractivity contribution in [2.24, 2.45) is 0 Å². The third-order valence-corrected chi connectivity index (χ3v) is 7.15. The van der Waals surface area contributed by atoms with Crippen LogP contribution in [0.15, 0.2) is 54.1 Å². The summed E-state index contributed by atoms with van der Waals surface area (Å²) in [6, 6.07) is 13.2. The summed E-state index contributed by atoms with van der Waals surface area (Å²) >= 11 is 0.965. The van der Waals surface area contributed by atoms with Gasteiger partial charge in [0.25, 0.3) is 5.78 Å². The van der Waals surface area contributed by atoms with Gasteiger partial charge in [0.15, 0.2) is 5.13 Å². The zero-order valence-electron chi connectivity index (χ0n) is 21.3. The van der Waals surface area contributed by atoms with E-state index < -0.39 is 23.7 Å². The van der Waals surface area contributed by atoms with E-state index >= 15 is 0 Å². The Kier molecular flexibility index (Phi) is 7.45. The highest BCUT2D eigenvalue weighted by Crippen LogP contribution is 2.44. The minimum atomic E-state index is -0.937. The number of nitrogens with zero attached hydrogens (tertiary/aromatic N) is 2. The minimum Gasteiger partial charge on any atom is -0.507 e. The maximum Gasteiger partial charge on any atom is 0.350 e. The summed E-state index contributed by atoms with van der Waals surface area (Å²) in [6.45, 7) is 7.48. The molecule has 9 heteroatoms. The van der Waals surface area contributed by atoms with Gasteiger partial charge in [-0.1, -0.05) is 42.5 Å². The smallest absolute Gasteiger partial charge is 0.350 e. The summed E-state index contributed by atoms with van der Waals surface area (Å²) in [4.78, 5) is 44.8. The molecule has 0 spiro atoms. The topological polar surface area (TPSA) is 106 Å². The van der Waals surface area contributed by atoms with E-state index in [1.54, 1.807) is 31.2 Å². The van der Waals surface area contributed by atoms with E-state index in [9.17, 15) is 19.5 Å². The number of aryl methyl sites for hydroxylation is 2. The first-order chi connectivity index (χ1) is 17.7. The number of hydrogen-bond donors (Lipinski definition) is 1. The number of esters is 1. The van der Waals surface area contributed by atoms with Crippen LogP contribution < -0.4 is 9.64 Å². The maximum atomic E-state index is 13.4. The molecule has 3 aromatic rings. The second-order valence-corrected chi connectivity index (χ2v) is 9.84. The van der Waals surface area contributed by atoms with Crippen molar-refractivity contribution in [3.05, 3.63) is 81.4 Å². The lowest BCUT2D eigenvalue weighted by atomic mass is 9.94. The number of anilines is 1. The van der Waals surface area contributed by atoms with Crippen LogP contribution in [-0.2, 0) is 20.7 Å². The van der Waals surface area contributed by atoms with E-state index in [1.807, 2.05) is 45.0 Å². The molecule has 1 aromatic heterocycles. The Morgan fingerprint density at radius 2 is 1.76 bits per heavy atom. The number of rotatable bonds is 7. The molecule has 4 rings (SSSR count). The highest BCUT2D eigenvalue weighted by Gasteiger charge is 2.48. The molecule has 1 aliphatic heterocycles. The monoisotopic (exact) mass is 520 g/mol. The van der Waals surface area contributed by atoms with Gasteiger partial charge in [0, 0.05) is 5.56 Å². The van der Waals surface area contributed by atoms with E-state index in [4.69, 9.17) is 9.47 Å². The van der Waals surface area contributed by atoms with Gasteiger partial charge >= 0.3 is 11.9 Å². The number of carbonyl (C=O) groups excluding carboxylic acids is 3. The zero-order chi connectivity index (χ0) is 26.9. The molecule has 1 N–H and O–H groups in total. The average molecular weight is 521 g/mol. The van der Waals surface area contributed by atoms with Crippen LogP contribution in [0.25, 0.3) is 5.76 Å². The SMILES string of the molecule is CCc1ccc(C2/C(=C(\O)c3ccc(OC(C)C)cc3)C(=O)C(=O)N2c2nc(C)c(C(=O)OC)s2)cc1. The Balaban J connectivity index is 1.87. The van der Waals surface area contributed by atoms with Crippen molar-refractivity contribution >= 4 is 39.9 Å². The van der Waals surface area contributed by atoms with E-state index in [0.29, 0.717) is 22.6 Å². The van der Waals surface area contributed by atoms with Crippen LogP contribution in [-0.4, -0.2) is 41.0 Å². The van der Waals surface area contributed by atoms with Crippen molar-refractivity contribution in [3.63, 3.8) is 0 Å². The molecule has 0 saturated carbocycles. The van der Waals surface area contributed by atoms with Gasteiger partial charge in [-0.25, -0.2) is 9.78 Å². The maximum absolute atomic E-state index is 13.4. The third kappa shape index (κ3) is 4.99. The number of aliphatic hydroxyl groups excluding tert-OH is 1. The third-order valence-electron chi connectivity index (χ3n) is 6.01. The molecule has 1 fully saturated rings. The van der Waals surface area contributed by atoms with Crippen molar-refractivity contribution in [1.29, 1.82) is 0 Å². The lowest BCUT2D eigenvalue weighted by Crippen LogP contribution is -2.29. The molecule has 1 atom stereocenters. The van der Waals surface area contributed by atoms with E-state index in [2.05, 4.69) is 4.98 Å². The van der Waals surface area contributed by atoms with Crippen LogP contribution in [0.5, 0.6) is 5.75 Å². The van der Waals surface area contributed by atoms with Gasteiger partial charge in [-0.3, -0.25) is 14.5 Å². The molecule has 1 saturated heterocycles. The summed E-state index contributed by atoms with van der Waals surface area (Å²) in [7, 11) is 1.26. The van der Waals surface area contributed by atoms with E-state index in [1.165, 1.54) is 12.0 Å². The quantitative estimate of drug-likeness (QED) is 0.197. The summed E-state index contributed by atoms with van der Waals surface area (Å²) < 4.78 is 10.5. The predicted molar refractivity (Wildman–Crippen MR) is 141 cm³/mol. The lowest BCUT2D eigenvalue weighted by molar-refractivity contribution is -0.132. The van der Waals surface area contributed by atoms with Gasteiger partial charge in [-0.2, -0.15) is 0 Å². The van der Waals surface area contributed by atoms with Gasteiger partial charge in [-0.15, -0.1) is 0 Å². The van der Waals surface area contributed by atoms with Gasteiger partial charge in [0.05, 0.1) is 30.5 Å². The fourth-order valence-corrected chi connectivity index (χ4v) is 5.18. The lowest BCUT2D eigenvalue weighted by Gasteiger charge is -2.23. The Morgan fingerprint density at radius 1 is 1.11 bits per heavy atom. The molecule has 0 bridgehead atoms. The van der Waals surface area contributed by atoms with Crippen LogP contribution in [0.3, 0.4) is 0 Å². The molecule has 192 valence electrons. The first-order valence-corrected chi connectivity index (χ1v) is 12.7. The van der Waals surface area contributed by atoms with Gasteiger partial charge in [-0.05, 0) is 62.6 Å². The zero-order valence-corrected chi connectivity index (χ0v) is 22.1. The Hall–Kier alpha value is -3.98. The molecule has 2 aromatic carbocycles.